The average molecular weight is 383 g/mol. The summed E-state index contributed by atoms with van der Waals surface area (Å²) < 4.78 is 27.1. The van der Waals surface area contributed by atoms with E-state index in [4.69, 9.17) is 0 Å². The number of hydrogen-bond donors (Lipinski definition) is 2. The molecule has 0 bridgehead atoms. The number of hydrogen-bond acceptors (Lipinski definition) is 5. The lowest BCUT2D eigenvalue weighted by molar-refractivity contribution is -0.117. The highest BCUT2D eigenvalue weighted by atomic mass is 32.2. The van der Waals surface area contributed by atoms with Crippen LogP contribution in [-0.4, -0.2) is 69.4 Å². The van der Waals surface area contributed by atoms with Crippen molar-refractivity contribution < 1.29 is 13.2 Å². The largest absolute Gasteiger partial charge is 0.325 e. The lowest BCUT2D eigenvalue weighted by atomic mass is 10.3. The first-order valence-electron chi connectivity index (χ1n) is 9.21. The predicted molar refractivity (Wildman–Crippen MR) is 104 cm³/mol. The lowest BCUT2D eigenvalue weighted by Gasteiger charge is -2.33. The normalized spacial score (nSPS) is 17.8. The fourth-order valence-corrected chi connectivity index (χ4v) is 4.13. The molecule has 0 spiro atoms. The SMILES string of the molecule is CC[C@H](C)NS(=O)(=O)c1ccc(NC(=O)CN2CCN(CC)CC2)cc1. The molecule has 0 unspecified atom stereocenters. The maximum Gasteiger partial charge on any atom is 0.240 e. The van der Waals surface area contributed by atoms with Crippen LogP contribution in [-0.2, 0) is 14.8 Å². The van der Waals surface area contributed by atoms with Crippen LogP contribution in [0.5, 0.6) is 0 Å². The van der Waals surface area contributed by atoms with E-state index < -0.39 is 10.0 Å². The third-order valence-electron chi connectivity index (χ3n) is 4.70. The molecule has 8 heteroatoms. The number of nitrogens with one attached hydrogen (secondary N) is 2. The van der Waals surface area contributed by atoms with Gasteiger partial charge in [0.2, 0.25) is 15.9 Å². The van der Waals surface area contributed by atoms with Gasteiger partial charge in [-0.2, -0.15) is 0 Å². The summed E-state index contributed by atoms with van der Waals surface area (Å²) in [5.41, 5.74) is 0.602. The van der Waals surface area contributed by atoms with Gasteiger partial charge in [0.25, 0.3) is 0 Å². The van der Waals surface area contributed by atoms with Crippen molar-refractivity contribution in [3.63, 3.8) is 0 Å². The third kappa shape index (κ3) is 6.05. The third-order valence-corrected chi connectivity index (χ3v) is 6.30. The number of nitrogens with zero attached hydrogens (tertiary/aromatic N) is 2. The fraction of sp³-hybridized carbons (Fsp3) is 0.611. The standard InChI is InChI=1S/C18H30N4O3S/c1-4-15(3)20-26(24,25)17-8-6-16(7-9-17)19-18(23)14-22-12-10-21(5-2)11-13-22/h6-9,15,20H,4-5,10-14H2,1-3H3,(H,19,23)/t15-/m0/s1. The zero-order valence-corrected chi connectivity index (χ0v) is 16.7. The Hall–Kier alpha value is -1.48. The summed E-state index contributed by atoms with van der Waals surface area (Å²) >= 11 is 0. The number of rotatable bonds is 8. The van der Waals surface area contributed by atoms with E-state index in [0.29, 0.717) is 12.2 Å². The van der Waals surface area contributed by atoms with E-state index in [1.807, 2.05) is 13.8 Å². The van der Waals surface area contributed by atoms with Gasteiger partial charge in [-0.15, -0.1) is 0 Å². The van der Waals surface area contributed by atoms with Crippen molar-refractivity contribution in [3.8, 4) is 0 Å². The minimum atomic E-state index is -3.52. The van der Waals surface area contributed by atoms with Gasteiger partial charge in [0.1, 0.15) is 0 Å². The number of carbonyl (C=O) groups excluding carboxylic acids is 1. The zero-order chi connectivity index (χ0) is 19.2. The van der Waals surface area contributed by atoms with Crippen LogP contribution >= 0.6 is 0 Å². The number of anilines is 1. The van der Waals surface area contributed by atoms with Gasteiger partial charge in [0, 0.05) is 37.9 Å². The average Bonchev–Trinajstić information content (AvgIpc) is 2.62. The topological polar surface area (TPSA) is 81.8 Å². The molecule has 0 saturated carbocycles. The molecular formula is C18H30N4O3S. The molecule has 0 aliphatic carbocycles. The van der Waals surface area contributed by atoms with Crippen LogP contribution < -0.4 is 10.0 Å². The Labute approximate surface area is 156 Å². The van der Waals surface area contributed by atoms with Crippen molar-refractivity contribution in [3.05, 3.63) is 24.3 Å². The van der Waals surface area contributed by atoms with E-state index in [9.17, 15) is 13.2 Å². The predicted octanol–water partition coefficient (Wildman–Crippen LogP) is 1.34. The molecule has 1 aromatic carbocycles. The first kappa shape index (κ1) is 20.8. The molecule has 146 valence electrons. The van der Waals surface area contributed by atoms with Crippen molar-refractivity contribution in [1.82, 2.24) is 14.5 Å². The van der Waals surface area contributed by atoms with Gasteiger partial charge in [-0.05, 0) is 44.2 Å². The minimum absolute atomic E-state index is 0.0803. The van der Waals surface area contributed by atoms with Crippen molar-refractivity contribution in [1.29, 1.82) is 0 Å². The van der Waals surface area contributed by atoms with Gasteiger partial charge in [-0.3, -0.25) is 9.69 Å². The van der Waals surface area contributed by atoms with Crippen LogP contribution in [0.25, 0.3) is 0 Å². The Balaban J connectivity index is 1.87. The van der Waals surface area contributed by atoms with Crippen molar-refractivity contribution in [2.45, 2.75) is 38.1 Å². The lowest BCUT2D eigenvalue weighted by Crippen LogP contribution is -2.48. The van der Waals surface area contributed by atoms with Crippen LogP contribution in [0, 0.1) is 0 Å². The van der Waals surface area contributed by atoms with Gasteiger partial charge in [-0.25, -0.2) is 13.1 Å². The smallest absolute Gasteiger partial charge is 0.240 e. The monoisotopic (exact) mass is 382 g/mol. The molecule has 1 atom stereocenters. The first-order chi connectivity index (χ1) is 12.3. The van der Waals surface area contributed by atoms with Gasteiger partial charge < -0.3 is 10.2 Å². The summed E-state index contributed by atoms with van der Waals surface area (Å²) in [4.78, 5) is 16.9. The number of sulfonamides is 1. The van der Waals surface area contributed by atoms with Crippen LogP contribution in [0.15, 0.2) is 29.2 Å². The van der Waals surface area contributed by atoms with E-state index in [0.717, 1.165) is 39.1 Å². The molecule has 1 fully saturated rings. The summed E-state index contributed by atoms with van der Waals surface area (Å²) in [5.74, 6) is -0.0803. The second-order valence-corrected chi connectivity index (χ2v) is 8.43. The van der Waals surface area contributed by atoms with Crippen molar-refractivity contribution in [2.75, 3.05) is 44.6 Å². The Morgan fingerprint density at radius 3 is 2.19 bits per heavy atom. The molecule has 2 rings (SSSR count). The highest BCUT2D eigenvalue weighted by Crippen LogP contribution is 2.15. The highest BCUT2D eigenvalue weighted by Gasteiger charge is 2.19. The second-order valence-electron chi connectivity index (χ2n) is 6.71. The molecule has 7 nitrogen and oxygen atoms in total. The van der Waals surface area contributed by atoms with Crippen LogP contribution in [0.4, 0.5) is 5.69 Å². The summed E-state index contributed by atoms with van der Waals surface area (Å²) in [5, 5.41) is 2.84. The molecule has 1 heterocycles. The van der Waals surface area contributed by atoms with Gasteiger partial charge in [0.05, 0.1) is 11.4 Å². The number of carbonyl (C=O) groups is 1. The summed E-state index contributed by atoms with van der Waals surface area (Å²) in [6.07, 6.45) is 0.722. The van der Waals surface area contributed by atoms with Crippen LogP contribution in [0.3, 0.4) is 0 Å². The van der Waals surface area contributed by atoms with Crippen molar-refractivity contribution in [2.24, 2.45) is 0 Å². The highest BCUT2D eigenvalue weighted by molar-refractivity contribution is 7.89. The zero-order valence-electron chi connectivity index (χ0n) is 15.9. The number of amides is 1. The number of likely N-dealkylation sites (N-methyl/N-ethyl adjacent to an activating group) is 1. The fourth-order valence-electron chi connectivity index (χ4n) is 2.80. The quantitative estimate of drug-likeness (QED) is 0.709. The second kappa shape index (κ2) is 9.45. The Morgan fingerprint density at radius 1 is 1.08 bits per heavy atom. The summed E-state index contributed by atoms with van der Waals surface area (Å²) in [6, 6.07) is 6.16. The maximum absolute atomic E-state index is 12.2. The van der Waals surface area contributed by atoms with Crippen molar-refractivity contribution >= 4 is 21.6 Å². The molecule has 0 aromatic heterocycles. The molecule has 1 aliphatic heterocycles. The van der Waals surface area contributed by atoms with E-state index in [1.54, 1.807) is 12.1 Å². The minimum Gasteiger partial charge on any atom is -0.325 e. The Morgan fingerprint density at radius 2 is 1.65 bits per heavy atom. The van der Waals surface area contributed by atoms with E-state index in [1.165, 1.54) is 12.1 Å². The summed E-state index contributed by atoms with van der Waals surface area (Å²) in [7, 11) is -3.52. The van der Waals surface area contributed by atoms with E-state index in [2.05, 4.69) is 26.8 Å². The van der Waals surface area contributed by atoms with Gasteiger partial charge in [0.15, 0.2) is 0 Å². The van der Waals surface area contributed by atoms with Gasteiger partial charge >= 0.3 is 0 Å². The molecule has 1 saturated heterocycles. The first-order valence-corrected chi connectivity index (χ1v) is 10.7. The Kier molecular flexibility index (Phi) is 7.57. The summed E-state index contributed by atoms with van der Waals surface area (Å²) in [6.45, 7) is 11.0. The molecule has 1 aromatic rings. The molecule has 1 amide bonds. The van der Waals surface area contributed by atoms with E-state index in [-0.39, 0.29) is 16.8 Å². The van der Waals surface area contributed by atoms with Crippen LogP contribution in [0.2, 0.25) is 0 Å². The molecule has 26 heavy (non-hydrogen) atoms. The molecule has 0 radical (unpaired) electrons. The van der Waals surface area contributed by atoms with Gasteiger partial charge in [-0.1, -0.05) is 13.8 Å². The van der Waals surface area contributed by atoms with Crippen LogP contribution in [0.1, 0.15) is 27.2 Å². The number of piperazine rings is 1. The maximum atomic E-state index is 12.2. The number of benzene rings is 1. The molecular weight excluding hydrogens is 352 g/mol. The molecule has 2 N–H and O–H groups in total. The van der Waals surface area contributed by atoms with E-state index >= 15 is 0 Å². The molecule has 1 aliphatic rings. The Bertz CT molecular complexity index is 683.